The zero-order valence-corrected chi connectivity index (χ0v) is 16.1. The Morgan fingerprint density at radius 3 is 2.54 bits per heavy atom. The summed E-state index contributed by atoms with van der Waals surface area (Å²) in [7, 11) is 0. The zero-order chi connectivity index (χ0) is 19.1. The Balaban J connectivity index is 2.09. The molecule has 3 heteroatoms. The zero-order valence-electron chi connectivity index (χ0n) is 16.1. The molecule has 0 bridgehead atoms. The lowest BCUT2D eigenvalue weighted by molar-refractivity contribution is 0.529. The van der Waals surface area contributed by atoms with Gasteiger partial charge in [0.25, 0.3) is 0 Å². The first-order valence-electron chi connectivity index (χ1n) is 9.96. The molecule has 28 heavy (non-hydrogen) atoms. The van der Waals surface area contributed by atoms with Gasteiger partial charge in [-0.25, -0.2) is 0 Å². The average molecular weight is 365 g/mol. The molecular formula is C25H23N3. The first kappa shape index (κ1) is 16.9. The third-order valence-corrected chi connectivity index (χ3v) is 5.73. The van der Waals surface area contributed by atoms with Crippen molar-refractivity contribution in [2.45, 2.75) is 32.2 Å². The molecule has 0 saturated heterocycles. The molecule has 0 amide bonds. The minimum Gasteiger partial charge on any atom is -0.333 e. The van der Waals surface area contributed by atoms with Crippen LogP contribution in [-0.2, 0) is 0 Å². The fourth-order valence-corrected chi connectivity index (χ4v) is 4.64. The van der Waals surface area contributed by atoms with Crippen molar-refractivity contribution < 1.29 is 0 Å². The molecule has 0 saturated carbocycles. The molecule has 138 valence electrons. The van der Waals surface area contributed by atoms with Gasteiger partial charge in [-0.1, -0.05) is 36.9 Å². The molecule has 0 fully saturated rings. The van der Waals surface area contributed by atoms with Gasteiger partial charge >= 0.3 is 0 Å². The Bertz CT molecular complexity index is 1270. The number of benzene rings is 1. The highest BCUT2D eigenvalue weighted by atomic mass is 15.0. The van der Waals surface area contributed by atoms with E-state index in [0.29, 0.717) is 6.04 Å². The quantitative estimate of drug-likeness (QED) is 0.299. The molecule has 1 atom stereocenters. The second-order valence-electron chi connectivity index (χ2n) is 7.32. The maximum Gasteiger partial charge on any atom is 0.0985 e. The summed E-state index contributed by atoms with van der Waals surface area (Å²) < 4.78 is 2.48. The van der Waals surface area contributed by atoms with Crippen LogP contribution in [0.5, 0.6) is 0 Å². The van der Waals surface area contributed by atoms with E-state index in [4.69, 9.17) is 9.97 Å². The van der Waals surface area contributed by atoms with Crippen molar-refractivity contribution in [1.82, 2.24) is 14.5 Å². The third-order valence-electron chi connectivity index (χ3n) is 5.73. The van der Waals surface area contributed by atoms with E-state index in [-0.39, 0.29) is 0 Å². The van der Waals surface area contributed by atoms with Crippen LogP contribution in [-0.4, -0.2) is 14.5 Å². The van der Waals surface area contributed by atoms with E-state index in [1.165, 1.54) is 28.6 Å². The lowest BCUT2D eigenvalue weighted by Gasteiger charge is -2.22. The number of pyridine rings is 2. The van der Waals surface area contributed by atoms with Gasteiger partial charge in [0.05, 0.1) is 22.6 Å². The van der Waals surface area contributed by atoms with Gasteiger partial charge in [0.2, 0.25) is 0 Å². The van der Waals surface area contributed by atoms with Gasteiger partial charge < -0.3 is 4.57 Å². The molecule has 1 aromatic carbocycles. The lowest BCUT2D eigenvalue weighted by Crippen LogP contribution is -2.10. The van der Waals surface area contributed by atoms with Crippen molar-refractivity contribution >= 4 is 44.9 Å². The van der Waals surface area contributed by atoms with Crippen molar-refractivity contribution in [3.05, 3.63) is 72.7 Å². The summed E-state index contributed by atoms with van der Waals surface area (Å²) in [4.78, 5) is 9.42. The number of allylic oxidation sites excluding steroid dienone is 3. The van der Waals surface area contributed by atoms with Gasteiger partial charge in [-0.15, -0.1) is 0 Å². The van der Waals surface area contributed by atoms with Gasteiger partial charge in [0, 0.05) is 39.8 Å². The van der Waals surface area contributed by atoms with Gasteiger partial charge in [-0.3, -0.25) is 9.97 Å². The van der Waals surface area contributed by atoms with Crippen molar-refractivity contribution in [1.29, 1.82) is 0 Å². The monoisotopic (exact) mass is 365 g/mol. The van der Waals surface area contributed by atoms with E-state index in [9.17, 15) is 0 Å². The summed E-state index contributed by atoms with van der Waals surface area (Å²) in [6.45, 7) is 6.24. The van der Waals surface area contributed by atoms with Crippen molar-refractivity contribution in [2.75, 3.05) is 0 Å². The average Bonchev–Trinajstić information content (AvgIpc) is 3.09. The molecule has 5 rings (SSSR count). The van der Waals surface area contributed by atoms with E-state index in [1.807, 2.05) is 30.6 Å². The summed E-state index contributed by atoms with van der Waals surface area (Å²) in [6.07, 6.45) is 18.2. The fraction of sp³-hybridized carbons (Fsp3) is 0.200. The molecule has 3 heterocycles. The minimum absolute atomic E-state index is 0.334. The molecule has 3 aromatic heterocycles. The van der Waals surface area contributed by atoms with Crippen LogP contribution in [0.3, 0.4) is 0 Å². The Morgan fingerprint density at radius 2 is 1.86 bits per heavy atom. The van der Waals surface area contributed by atoms with Gasteiger partial charge in [0.15, 0.2) is 0 Å². The van der Waals surface area contributed by atoms with Crippen LogP contribution in [0.25, 0.3) is 44.9 Å². The Kier molecular flexibility index (Phi) is 4.09. The molecule has 0 aliphatic heterocycles. The van der Waals surface area contributed by atoms with Crippen LogP contribution in [0.2, 0.25) is 0 Å². The van der Waals surface area contributed by atoms with Crippen molar-refractivity contribution in [2.24, 2.45) is 0 Å². The van der Waals surface area contributed by atoms with Gasteiger partial charge in [-0.05, 0) is 50.5 Å². The van der Waals surface area contributed by atoms with Crippen molar-refractivity contribution in [3.8, 4) is 0 Å². The number of aromatic nitrogens is 3. The summed E-state index contributed by atoms with van der Waals surface area (Å²) >= 11 is 0. The topological polar surface area (TPSA) is 30.7 Å². The second kappa shape index (κ2) is 6.75. The van der Waals surface area contributed by atoms with Crippen LogP contribution in [0, 0.1) is 0 Å². The van der Waals surface area contributed by atoms with Gasteiger partial charge in [0.1, 0.15) is 0 Å². The van der Waals surface area contributed by atoms with Crippen LogP contribution in [0.4, 0.5) is 0 Å². The standard InChI is InChI=1S/C25H23N3/c1-3-10-18-21(4-2)28(17-11-6-5-7-12-17)25-20-14-9-16-27-24(20)23-19(22(18)25)13-8-15-26-23/h3-4,6,8-11,13-17H,2,5,7,12H2,1H3/b10-3-. The summed E-state index contributed by atoms with van der Waals surface area (Å²) in [6, 6.07) is 8.71. The molecular weight excluding hydrogens is 342 g/mol. The summed E-state index contributed by atoms with van der Waals surface area (Å²) in [5.74, 6) is 0. The predicted octanol–water partition coefficient (Wildman–Crippen LogP) is 6.70. The Morgan fingerprint density at radius 1 is 1.11 bits per heavy atom. The number of nitrogens with zero attached hydrogens (tertiary/aromatic N) is 3. The molecule has 0 radical (unpaired) electrons. The fourth-order valence-electron chi connectivity index (χ4n) is 4.64. The Labute approximate surface area is 164 Å². The first-order chi connectivity index (χ1) is 13.8. The molecule has 4 aromatic rings. The highest BCUT2D eigenvalue weighted by molar-refractivity contribution is 6.25. The summed E-state index contributed by atoms with van der Waals surface area (Å²) in [5.41, 5.74) is 5.56. The predicted molar refractivity (Wildman–Crippen MR) is 119 cm³/mol. The first-order valence-corrected chi connectivity index (χ1v) is 9.96. The summed E-state index contributed by atoms with van der Waals surface area (Å²) in [5, 5.41) is 3.55. The third kappa shape index (κ3) is 2.36. The lowest BCUT2D eigenvalue weighted by atomic mass is 10.0. The highest BCUT2D eigenvalue weighted by Gasteiger charge is 2.24. The highest BCUT2D eigenvalue weighted by Crippen LogP contribution is 2.42. The number of hydrogen-bond donors (Lipinski definition) is 0. The van der Waals surface area contributed by atoms with Crippen LogP contribution < -0.4 is 0 Å². The van der Waals surface area contributed by atoms with Crippen LogP contribution >= 0.6 is 0 Å². The van der Waals surface area contributed by atoms with Crippen LogP contribution in [0.15, 0.2) is 61.5 Å². The maximum atomic E-state index is 4.72. The van der Waals surface area contributed by atoms with Crippen molar-refractivity contribution in [3.63, 3.8) is 0 Å². The maximum absolute atomic E-state index is 4.72. The van der Waals surface area contributed by atoms with E-state index < -0.39 is 0 Å². The molecule has 1 aliphatic rings. The number of rotatable bonds is 3. The Hall–Kier alpha value is -3.20. The molecule has 1 unspecified atom stereocenters. The largest absolute Gasteiger partial charge is 0.333 e. The molecule has 0 spiro atoms. The number of hydrogen-bond acceptors (Lipinski definition) is 2. The smallest absolute Gasteiger partial charge is 0.0985 e. The minimum atomic E-state index is 0.334. The van der Waals surface area contributed by atoms with E-state index in [1.54, 1.807) is 0 Å². The van der Waals surface area contributed by atoms with Crippen LogP contribution in [0.1, 0.15) is 43.5 Å². The molecule has 3 nitrogen and oxygen atoms in total. The molecule has 1 aliphatic carbocycles. The van der Waals surface area contributed by atoms with E-state index >= 15 is 0 Å². The molecule has 0 N–H and O–H groups in total. The van der Waals surface area contributed by atoms with E-state index in [0.717, 1.165) is 34.6 Å². The number of fused-ring (bicyclic) bond motifs is 6. The van der Waals surface area contributed by atoms with E-state index in [2.05, 4.69) is 54.5 Å². The van der Waals surface area contributed by atoms with Gasteiger partial charge in [-0.2, -0.15) is 0 Å². The second-order valence-corrected chi connectivity index (χ2v) is 7.32. The normalized spacial score (nSPS) is 17.2. The SMILES string of the molecule is C=Cc1c(/C=C\C)c2c3cccnc3c3ncccc3c2n1C1C=CCCC1.